The molecule has 8 nitrogen and oxygen atoms in total. The Labute approximate surface area is 88.1 Å². The van der Waals surface area contributed by atoms with E-state index < -0.39 is 22.6 Å². The Morgan fingerprint density at radius 1 is 1.69 bits per heavy atom. The molecule has 0 aromatic carbocycles. The molecule has 0 fully saturated rings. The van der Waals surface area contributed by atoms with E-state index in [2.05, 4.69) is 4.84 Å². The molecule has 0 aliphatic heterocycles. The molecule has 1 N–H and O–H groups in total. The summed E-state index contributed by atoms with van der Waals surface area (Å²) in [5.41, 5.74) is -0.554. The van der Waals surface area contributed by atoms with E-state index in [0.29, 0.717) is 0 Å². The van der Waals surface area contributed by atoms with Crippen molar-refractivity contribution in [2.45, 2.75) is 0 Å². The van der Waals surface area contributed by atoms with Crippen LogP contribution in [-0.4, -0.2) is 16.2 Å². The molecule has 0 unspecified atom stereocenters. The lowest BCUT2D eigenvalue weighted by Crippen LogP contribution is -2.02. The number of nitriles is 1. The van der Waals surface area contributed by atoms with E-state index in [0.717, 1.165) is 12.1 Å². The first-order valence-electron chi connectivity index (χ1n) is 3.80. The van der Waals surface area contributed by atoms with Crippen molar-refractivity contribution >= 4 is 12.0 Å². The maximum atomic E-state index is 10.4. The van der Waals surface area contributed by atoms with Crippen LogP contribution in [0.5, 0.6) is 5.95 Å². The molecule has 16 heavy (non-hydrogen) atoms. The molecule has 8 heteroatoms. The van der Waals surface area contributed by atoms with Gasteiger partial charge in [0.1, 0.15) is 17.4 Å². The summed E-state index contributed by atoms with van der Waals surface area (Å²) in [4.78, 5) is 24.3. The van der Waals surface area contributed by atoms with Crippen LogP contribution in [0.25, 0.3) is 6.08 Å². The zero-order chi connectivity index (χ0) is 12.1. The molecule has 1 rings (SSSR count). The van der Waals surface area contributed by atoms with Crippen LogP contribution in [0.2, 0.25) is 0 Å². The lowest BCUT2D eigenvalue weighted by molar-refractivity contribution is -0.714. The highest BCUT2D eigenvalue weighted by Gasteiger charge is 2.09. The molecule has 0 saturated heterocycles. The van der Waals surface area contributed by atoms with Gasteiger partial charge >= 0.3 is 11.1 Å². The second-order valence-corrected chi connectivity index (χ2v) is 2.45. The summed E-state index contributed by atoms with van der Waals surface area (Å²) in [6, 6.07) is 3.79. The van der Waals surface area contributed by atoms with Gasteiger partial charge in [0.25, 0.3) is 5.95 Å². The molecule has 0 amide bonds. The van der Waals surface area contributed by atoms with Crippen LogP contribution < -0.4 is 4.84 Å². The van der Waals surface area contributed by atoms with Crippen LogP contribution in [0.4, 0.5) is 0 Å². The van der Waals surface area contributed by atoms with Crippen LogP contribution in [0.1, 0.15) is 5.76 Å². The maximum absolute atomic E-state index is 10.4. The Morgan fingerprint density at radius 2 is 2.38 bits per heavy atom. The highest BCUT2D eigenvalue weighted by Crippen LogP contribution is 2.18. The van der Waals surface area contributed by atoms with Crippen molar-refractivity contribution in [1.82, 2.24) is 0 Å². The first kappa shape index (κ1) is 11.3. The van der Waals surface area contributed by atoms with Crippen LogP contribution in [-0.2, 0) is 4.79 Å². The van der Waals surface area contributed by atoms with Gasteiger partial charge in [-0.15, -0.1) is 10.1 Å². The van der Waals surface area contributed by atoms with Crippen LogP contribution in [0, 0.1) is 21.4 Å². The average molecular weight is 224 g/mol. The van der Waals surface area contributed by atoms with Gasteiger partial charge in [-0.05, 0) is 6.07 Å². The quantitative estimate of drug-likeness (QED) is 0.347. The Bertz CT molecular complexity index is 495. The number of furan rings is 1. The van der Waals surface area contributed by atoms with Gasteiger partial charge in [-0.25, -0.2) is 9.63 Å². The van der Waals surface area contributed by atoms with Crippen molar-refractivity contribution in [3.8, 4) is 12.0 Å². The number of hydrogen-bond donors (Lipinski definition) is 1. The number of carboxylic acids is 1. The topological polar surface area (TPSA) is 127 Å². The van der Waals surface area contributed by atoms with Gasteiger partial charge < -0.3 is 9.52 Å². The van der Waals surface area contributed by atoms with Crippen molar-refractivity contribution in [1.29, 1.82) is 5.26 Å². The first-order chi connectivity index (χ1) is 7.52. The number of hydrogen-bond acceptors (Lipinski definition) is 6. The van der Waals surface area contributed by atoms with E-state index in [-0.39, 0.29) is 5.76 Å². The summed E-state index contributed by atoms with van der Waals surface area (Å²) in [7, 11) is 0. The van der Waals surface area contributed by atoms with Crippen molar-refractivity contribution in [2.24, 2.45) is 0 Å². The summed E-state index contributed by atoms with van der Waals surface area (Å²) in [6.07, 6.45) is 0.926. The van der Waals surface area contributed by atoms with Crippen LogP contribution in [0.15, 0.2) is 22.1 Å². The second-order valence-electron chi connectivity index (χ2n) is 2.45. The Kier molecular flexibility index (Phi) is 3.24. The van der Waals surface area contributed by atoms with E-state index >= 15 is 0 Å². The fourth-order valence-corrected chi connectivity index (χ4v) is 0.819. The molecule has 1 aromatic rings. The minimum atomic E-state index is -1.42. The van der Waals surface area contributed by atoms with Gasteiger partial charge in [0.15, 0.2) is 0 Å². The molecule has 0 aliphatic rings. The lowest BCUT2D eigenvalue weighted by Gasteiger charge is -1.90. The highest BCUT2D eigenvalue weighted by molar-refractivity contribution is 5.96. The van der Waals surface area contributed by atoms with Crippen LogP contribution >= 0.6 is 0 Å². The third kappa shape index (κ3) is 2.85. The predicted molar refractivity (Wildman–Crippen MR) is 47.6 cm³/mol. The molecule has 0 radical (unpaired) electrons. The zero-order valence-electron chi connectivity index (χ0n) is 7.61. The van der Waals surface area contributed by atoms with Crippen molar-refractivity contribution in [2.75, 3.05) is 0 Å². The summed E-state index contributed by atoms with van der Waals surface area (Å²) in [6.45, 7) is 0. The van der Waals surface area contributed by atoms with E-state index in [4.69, 9.17) is 14.8 Å². The third-order valence-corrected chi connectivity index (χ3v) is 1.40. The van der Waals surface area contributed by atoms with E-state index in [1.54, 1.807) is 0 Å². The van der Waals surface area contributed by atoms with Crippen molar-refractivity contribution < 1.29 is 24.2 Å². The highest BCUT2D eigenvalue weighted by atomic mass is 17.0. The molecule has 0 atom stereocenters. The number of carboxylic acid groups (broad SMARTS) is 1. The molecule has 0 saturated carbocycles. The summed E-state index contributed by atoms with van der Waals surface area (Å²) < 4.78 is 4.72. The lowest BCUT2D eigenvalue weighted by atomic mass is 10.2. The van der Waals surface area contributed by atoms with Crippen molar-refractivity contribution in [3.63, 3.8) is 0 Å². The summed E-state index contributed by atoms with van der Waals surface area (Å²) in [5.74, 6) is -1.86. The van der Waals surface area contributed by atoms with E-state index in [1.807, 2.05) is 0 Å². The smallest absolute Gasteiger partial charge is 0.346 e. The first-order valence-corrected chi connectivity index (χ1v) is 3.80. The normalized spacial score (nSPS) is 10.6. The Hall–Kier alpha value is -2.82. The molecule has 0 aliphatic carbocycles. The molecule has 0 bridgehead atoms. The standard InChI is InChI=1S/C8H4N2O6/c9-4-5(8(11)12)3-6-1-2-7(15-6)16-10(13)14/h1-3H,(H,11,12)/b5-3-. The fourth-order valence-electron chi connectivity index (χ4n) is 0.819. The van der Waals surface area contributed by atoms with Crippen molar-refractivity contribution in [3.05, 3.63) is 33.6 Å². The van der Waals surface area contributed by atoms with E-state index in [1.165, 1.54) is 12.1 Å². The van der Waals surface area contributed by atoms with Gasteiger partial charge in [-0.1, -0.05) is 0 Å². The maximum Gasteiger partial charge on any atom is 0.346 e. The number of nitrogens with zero attached hydrogens (tertiary/aromatic N) is 2. The van der Waals surface area contributed by atoms with Gasteiger partial charge in [-0.3, -0.25) is 0 Å². The minimum Gasteiger partial charge on any atom is -0.477 e. The molecule has 1 heterocycles. The number of carbonyl (C=O) groups is 1. The average Bonchev–Trinajstić information content (AvgIpc) is 2.60. The molecule has 1 aromatic heterocycles. The number of rotatable bonds is 4. The molecule has 0 spiro atoms. The Balaban J connectivity index is 2.91. The SMILES string of the molecule is N#C/C(=C/c1ccc(O[N+](=O)[O-])o1)C(=O)O. The minimum absolute atomic E-state index is 0.0317. The predicted octanol–water partition coefficient (Wildman–Crippen LogP) is 0.842. The molecule has 82 valence electrons. The Morgan fingerprint density at radius 3 is 2.88 bits per heavy atom. The van der Waals surface area contributed by atoms with E-state index in [9.17, 15) is 14.9 Å². The molecular formula is C8H4N2O6. The number of aliphatic carboxylic acids is 1. The van der Waals surface area contributed by atoms with Gasteiger partial charge in [0.2, 0.25) is 0 Å². The zero-order valence-corrected chi connectivity index (χ0v) is 7.61. The fraction of sp³-hybridized carbons (Fsp3) is 0. The third-order valence-electron chi connectivity index (χ3n) is 1.40. The second kappa shape index (κ2) is 4.61. The summed E-state index contributed by atoms with van der Waals surface area (Å²) >= 11 is 0. The van der Waals surface area contributed by atoms with Gasteiger partial charge in [0.05, 0.1) is 0 Å². The summed E-state index contributed by atoms with van der Waals surface area (Å²) in [5, 5.41) is 25.8. The van der Waals surface area contributed by atoms with Crippen LogP contribution in [0.3, 0.4) is 0 Å². The van der Waals surface area contributed by atoms with Gasteiger partial charge in [-0.2, -0.15) is 5.26 Å². The largest absolute Gasteiger partial charge is 0.477 e. The molecular weight excluding hydrogens is 220 g/mol. The monoisotopic (exact) mass is 224 g/mol. The van der Waals surface area contributed by atoms with Gasteiger partial charge in [0, 0.05) is 12.1 Å².